The molecule has 12 rings (SSSR count). The Bertz CT molecular complexity index is 3560. The third-order valence-electron chi connectivity index (χ3n) is 12.1. The third-order valence-corrected chi connectivity index (χ3v) is 13.3. The highest BCUT2D eigenvalue weighted by atomic mass is 32.1. The minimum atomic E-state index is 0.857. The topological polar surface area (TPSA) is 16.4 Å². The first-order chi connectivity index (χ1) is 30.2. The molecule has 0 aliphatic rings. The number of anilines is 3. The Morgan fingerprint density at radius 2 is 0.934 bits per heavy atom. The van der Waals surface area contributed by atoms with Crippen molar-refractivity contribution >= 4 is 81.3 Å². The molecule has 0 bridgehead atoms. The van der Waals surface area contributed by atoms with Gasteiger partial charge in [-0.2, -0.15) is 0 Å². The lowest BCUT2D eigenvalue weighted by molar-refractivity contribution is 0.669. The molecule has 0 atom stereocenters. The van der Waals surface area contributed by atoms with Crippen LogP contribution < -0.4 is 4.90 Å². The first-order valence-corrected chi connectivity index (χ1v) is 21.6. The van der Waals surface area contributed by atoms with Gasteiger partial charge >= 0.3 is 0 Å². The second-order valence-electron chi connectivity index (χ2n) is 15.6. The Kier molecular flexibility index (Phi) is 8.39. The monoisotopic (exact) mass is 795 g/mol. The molecule has 2 heterocycles. The molecule has 286 valence electrons. The highest BCUT2D eigenvalue weighted by molar-refractivity contribution is 7.26. The van der Waals surface area contributed by atoms with Crippen molar-refractivity contribution < 1.29 is 4.42 Å². The van der Waals surface area contributed by atoms with Gasteiger partial charge in [0, 0.05) is 42.3 Å². The smallest absolute Gasteiger partial charge is 0.160 e. The summed E-state index contributed by atoms with van der Waals surface area (Å²) in [6.45, 7) is 0. The van der Waals surface area contributed by atoms with Gasteiger partial charge in [-0.1, -0.05) is 176 Å². The summed E-state index contributed by atoms with van der Waals surface area (Å²) < 4.78 is 9.49. The van der Waals surface area contributed by atoms with Gasteiger partial charge in [0.2, 0.25) is 0 Å². The van der Waals surface area contributed by atoms with Crippen LogP contribution in [-0.2, 0) is 0 Å². The highest BCUT2D eigenvalue weighted by Crippen LogP contribution is 2.47. The van der Waals surface area contributed by atoms with Crippen LogP contribution in [0.15, 0.2) is 229 Å². The normalized spacial score (nSPS) is 11.6. The van der Waals surface area contributed by atoms with Crippen LogP contribution in [0.5, 0.6) is 0 Å². The van der Waals surface area contributed by atoms with E-state index in [2.05, 4.69) is 223 Å². The van der Waals surface area contributed by atoms with Crippen molar-refractivity contribution in [3.63, 3.8) is 0 Å². The van der Waals surface area contributed by atoms with Crippen molar-refractivity contribution in [3.8, 4) is 44.5 Å². The molecule has 10 aromatic carbocycles. The third kappa shape index (κ3) is 6.09. The Morgan fingerprint density at radius 3 is 1.70 bits per heavy atom. The maximum absolute atomic E-state index is 6.86. The van der Waals surface area contributed by atoms with E-state index in [1.807, 2.05) is 17.4 Å². The van der Waals surface area contributed by atoms with E-state index in [-0.39, 0.29) is 0 Å². The van der Waals surface area contributed by atoms with Crippen LogP contribution in [0, 0.1) is 0 Å². The molecule has 3 heteroatoms. The Balaban J connectivity index is 0.973. The second-order valence-corrected chi connectivity index (χ2v) is 16.7. The van der Waals surface area contributed by atoms with Gasteiger partial charge in [-0.25, -0.2) is 0 Å². The zero-order valence-corrected chi connectivity index (χ0v) is 33.9. The molecule has 2 nitrogen and oxygen atoms in total. The molecule has 2 aromatic heterocycles. The number of para-hydroxylation sites is 1. The van der Waals surface area contributed by atoms with Crippen molar-refractivity contribution in [2.45, 2.75) is 0 Å². The van der Waals surface area contributed by atoms with Crippen molar-refractivity contribution in [2.75, 3.05) is 4.90 Å². The van der Waals surface area contributed by atoms with Crippen molar-refractivity contribution in [1.82, 2.24) is 0 Å². The summed E-state index contributed by atoms with van der Waals surface area (Å²) >= 11 is 1.87. The van der Waals surface area contributed by atoms with E-state index in [9.17, 15) is 0 Å². The molecule has 0 amide bonds. The van der Waals surface area contributed by atoms with Gasteiger partial charge in [0.1, 0.15) is 5.58 Å². The van der Waals surface area contributed by atoms with E-state index in [4.69, 9.17) is 4.42 Å². The Labute approximate surface area is 357 Å². The average Bonchev–Trinajstić information content (AvgIpc) is 3.92. The van der Waals surface area contributed by atoms with Gasteiger partial charge in [-0.05, 0) is 104 Å². The maximum Gasteiger partial charge on any atom is 0.160 e. The van der Waals surface area contributed by atoms with Crippen LogP contribution in [0.4, 0.5) is 17.1 Å². The largest absolute Gasteiger partial charge is 0.454 e. The lowest BCUT2D eigenvalue weighted by Gasteiger charge is -2.26. The van der Waals surface area contributed by atoms with E-state index >= 15 is 0 Å². The average molecular weight is 796 g/mol. The standard InChI is InChI=1S/C58H37NOS/c1-2-12-42(13-3-1)48-35-36-53(57-56(48)52-16-6-8-19-54(52)60-57)59(47-33-29-43(30-34-47)49-17-10-18-51-50-15-7-9-20-55(50)61-58(49)51)46-31-27-40(28-32-46)39-21-23-41(24-22-39)45-26-25-38-11-4-5-14-44(38)37-45/h1-37H. The minimum absolute atomic E-state index is 0.857. The molecule has 0 aliphatic carbocycles. The van der Waals surface area contributed by atoms with Gasteiger partial charge in [-0.15, -0.1) is 11.3 Å². The quantitative estimate of drug-likeness (QED) is 0.160. The summed E-state index contributed by atoms with van der Waals surface area (Å²) in [6, 6.07) is 81.0. The second kappa shape index (κ2) is 14.5. The highest BCUT2D eigenvalue weighted by Gasteiger charge is 2.22. The fourth-order valence-corrected chi connectivity index (χ4v) is 10.3. The van der Waals surface area contributed by atoms with Gasteiger partial charge in [0.05, 0.1) is 5.69 Å². The zero-order valence-electron chi connectivity index (χ0n) is 33.1. The van der Waals surface area contributed by atoms with Crippen molar-refractivity contribution in [3.05, 3.63) is 224 Å². The van der Waals surface area contributed by atoms with Crippen molar-refractivity contribution in [1.29, 1.82) is 0 Å². The van der Waals surface area contributed by atoms with Gasteiger partial charge in [0.15, 0.2) is 5.58 Å². The first-order valence-electron chi connectivity index (χ1n) is 20.7. The number of fused-ring (bicyclic) bond motifs is 7. The van der Waals surface area contributed by atoms with Crippen LogP contribution in [0.2, 0.25) is 0 Å². The molecule has 0 unspecified atom stereocenters. The number of hydrogen-bond acceptors (Lipinski definition) is 3. The zero-order chi connectivity index (χ0) is 40.3. The number of benzene rings is 10. The SMILES string of the molecule is c1ccc(-c2ccc(N(c3ccc(-c4ccc(-c5ccc6ccccc6c5)cc4)cc3)c3ccc(-c4cccc5c4sc4ccccc45)cc3)c3oc4ccccc4c23)cc1. The van der Waals surface area contributed by atoms with Crippen LogP contribution in [0.3, 0.4) is 0 Å². The van der Waals surface area contributed by atoms with E-state index in [1.165, 1.54) is 58.8 Å². The van der Waals surface area contributed by atoms with Crippen LogP contribution >= 0.6 is 11.3 Å². The summed E-state index contributed by atoms with van der Waals surface area (Å²) in [7, 11) is 0. The molecule has 0 saturated carbocycles. The summed E-state index contributed by atoms with van der Waals surface area (Å²) in [5.74, 6) is 0. The molecule has 0 saturated heterocycles. The fraction of sp³-hybridized carbons (Fsp3) is 0. The van der Waals surface area contributed by atoms with E-state index in [1.54, 1.807) is 0 Å². The number of thiophene rings is 1. The Hall–Kier alpha value is -7.72. The Morgan fingerprint density at radius 1 is 0.361 bits per heavy atom. The molecular formula is C58H37NOS. The number of furan rings is 1. The predicted molar refractivity (Wildman–Crippen MR) is 261 cm³/mol. The van der Waals surface area contributed by atoms with E-state index in [0.717, 1.165) is 55.7 Å². The van der Waals surface area contributed by atoms with Crippen LogP contribution in [0.25, 0.3) is 97.4 Å². The number of nitrogens with zero attached hydrogens (tertiary/aromatic N) is 1. The number of rotatable bonds is 7. The fourth-order valence-electron chi connectivity index (χ4n) is 9.07. The summed E-state index contributed by atoms with van der Waals surface area (Å²) in [5, 5.41) is 7.34. The minimum Gasteiger partial charge on any atom is -0.454 e. The summed E-state index contributed by atoms with van der Waals surface area (Å²) in [5.41, 5.74) is 14.3. The molecule has 0 N–H and O–H groups in total. The predicted octanol–water partition coefficient (Wildman–Crippen LogP) is 17.2. The van der Waals surface area contributed by atoms with Crippen molar-refractivity contribution in [2.24, 2.45) is 0 Å². The lowest BCUT2D eigenvalue weighted by Crippen LogP contribution is -2.10. The van der Waals surface area contributed by atoms with Gasteiger partial charge in [-0.3, -0.25) is 0 Å². The molecule has 0 aliphatic heterocycles. The first kappa shape index (κ1) is 35.2. The van der Waals surface area contributed by atoms with E-state index in [0.29, 0.717) is 0 Å². The molecule has 0 spiro atoms. The van der Waals surface area contributed by atoms with Gasteiger partial charge < -0.3 is 9.32 Å². The molecular weight excluding hydrogens is 759 g/mol. The summed E-state index contributed by atoms with van der Waals surface area (Å²) in [6.07, 6.45) is 0. The summed E-state index contributed by atoms with van der Waals surface area (Å²) in [4.78, 5) is 2.34. The maximum atomic E-state index is 6.86. The molecule has 61 heavy (non-hydrogen) atoms. The number of hydrogen-bond donors (Lipinski definition) is 0. The van der Waals surface area contributed by atoms with Crippen LogP contribution in [0.1, 0.15) is 0 Å². The molecule has 0 radical (unpaired) electrons. The van der Waals surface area contributed by atoms with E-state index < -0.39 is 0 Å². The molecule has 0 fully saturated rings. The van der Waals surface area contributed by atoms with Gasteiger partial charge in [0.25, 0.3) is 0 Å². The lowest BCUT2D eigenvalue weighted by atomic mass is 9.97. The molecule has 12 aromatic rings. The van der Waals surface area contributed by atoms with Crippen LogP contribution in [-0.4, -0.2) is 0 Å².